The first kappa shape index (κ1) is 30.5. The molecule has 1 atom stereocenters. The molecule has 3 aromatic rings. The summed E-state index contributed by atoms with van der Waals surface area (Å²) < 4.78 is 23.2. The lowest BCUT2D eigenvalue weighted by molar-refractivity contribution is -0.140. The highest BCUT2D eigenvalue weighted by molar-refractivity contribution is 5.88. The summed E-state index contributed by atoms with van der Waals surface area (Å²) in [6.45, 7) is 4.68. The van der Waals surface area contributed by atoms with Gasteiger partial charge in [-0.3, -0.25) is 15.2 Å². The van der Waals surface area contributed by atoms with Crippen molar-refractivity contribution in [2.45, 2.75) is 44.3 Å². The van der Waals surface area contributed by atoms with Crippen LogP contribution in [0.1, 0.15) is 41.5 Å². The maximum Gasteiger partial charge on any atom is 0.413 e. The van der Waals surface area contributed by atoms with Gasteiger partial charge in [-0.2, -0.15) is 5.10 Å². The van der Waals surface area contributed by atoms with Crippen molar-refractivity contribution >= 4 is 40.9 Å². The molecule has 0 unspecified atom stereocenters. The van der Waals surface area contributed by atoms with Crippen molar-refractivity contribution in [3.05, 3.63) is 58.9 Å². The van der Waals surface area contributed by atoms with Gasteiger partial charge < -0.3 is 28.7 Å². The molecule has 0 saturated carbocycles. The molecule has 13 heteroatoms. The van der Waals surface area contributed by atoms with E-state index < -0.39 is 23.9 Å². The van der Waals surface area contributed by atoms with Gasteiger partial charge in [-0.05, 0) is 42.2 Å². The number of aromatic nitrogens is 3. The second-order valence-corrected chi connectivity index (χ2v) is 11.7. The Bertz CT molecular complexity index is 1600. The molecule has 238 valence electrons. The van der Waals surface area contributed by atoms with Gasteiger partial charge in [0.1, 0.15) is 11.4 Å². The maximum absolute atomic E-state index is 13.7. The summed E-state index contributed by atoms with van der Waals surface area (Å²) in [6, 6.07) is 5.88. The normalized spacial score (nSPS) is 24.3. The van der Waals surface area contributed by atoms with Crippen molar-refractivity contribution in [2.24, 2.45) is 0 Å². The first-order valence-corrected chi connectivity index (χ1v) is 15.3. The number of rotatable bonds is 2. The van der Waals surface area contributed by atoms with Crippen molar-refractivity contribution < 1.29 is 33.3 Å². The average molecular weight is 619 g/mol. The van der Waals surface area contributed by atoms with Gasteiger partial charge >= 0.3 is 12.2 Å². The van der Waals surface area contributed by atoms with Gasteiger partial charge in [0, 0.05) is 69.7 Å². The molecule has 4 aliphatic heterocycles. The Morgan fingerprint density at radius 3 is 2.69 bits per heavy atom. The maximum atomic E-state index is 13.7. The predicted molar refractivity (Wildman–Crippen MR) is 165 cm³/mol. The Balaban J connectivity index is 1.25. The summed E-state index contributed by atoms with van der Waals surface area (Å²) in [5.74, 6) is 0.153. The molecule has 0 radical (unpaired) electrons. The van der Waals surface area contributed by atoms with Gasteiger partial charge in [0.2, 0.25) is 0 Å². The van der Waals surface area contributed by atoms with E-state index in [0.717, 1.165) is 33.2 Å². The number of nitrogens with zero attached hydrogens (tertiary/aromatic N) is 4. The van der Waals surface area contributed by atoms with E-state index >= 15 is 0 Å². The summed E-state index contributed by atoms with van der Waals surface area (Å²) in [5.41, 5.74) is 3.42. The lowest BCUT2D eigenvalue weighted by atomic mass is 9.83. The fourth-order valence-electron chi connectivity index (χ4n) is 6.13. The number of aromatic amines is 1. The molecule has 2 aromatic heterocycles. The van der Waals surface area contributed by atoms with Crippen LogP contribution in [0.3, 0.4) is 0 Å². The van der Waals surface area contributed by atoms with Gasteiger partial charge in [0.05, 0.1) is 31.5 Å². The third kappa shape index (κ3) is 6.79. The predicted octanol–water partition coefficient (Wildman–Crippen LogP) is 3.78. The quantitative estimate of drug-likeness (QED) is 0.438. The number of hydrogen-bond acceptors (Lipinski definition) is 9. The highest BCUT2D eigenvalue weighted by atomic mass is 16.6. The zero-order valence-electron chi connectivity index (χ0n) is 25.5. The number of ether oxygens (including phenoxy) is 4. The summed E-state index contributed by atoms with van der Waals surface area (Å²) in [6.07, 6.45) is 6.57. The number of aryl methyl sites for hydroxylation is 1. The summed E-state index contributed by atoms with van der Waals surface area (Å²) in [4.78, 5) is 47.4. The molecule has 1 fully saturated rings. The van der Waals surface area contributed by atoms with E-state index in [1.165, 1.54) is 0 Å². The van der Waals surface area contributed by atoms with Crippen molar-refractivity contribution in [3.8, 4) is 0 Å². The third-order valence-corrected chi connectivity index (χ3v) is 8.54. The number of carbonyl (C=O) groups is 3. The zero-order valence-corrected chi connectivity index (χ0v) is 25.5. The molecule has 2 N–H and O–H groups in total. The number of nitrogens with one attached hydrogen (secondary N) is 2. The Morgan fingerprint density at radius 2 is 1.84 bits per heavy atom. The Morgan fingerprint density at radius 1 is 1.02 bits per heavy atom. The zero-order chi connectivity index (χ0) is 31.4. The lowest BCUT2D eigenvalue weighted by Gasteiger charge is -2.43. The smallest absolute Gasteiger partial charge is 0.413 e. The molecule has 7 rings (SSSR count). The van der Waals surface area contributed by atoms with E-state index in [-0.39, 0.29) is 25.4 Å². The van der Waals surface area contributed by atoms with Crippen LogP contribution in [0.4, 0.5) is 15.4 Å². The topological polar surface area (TPSA) is 148 Å². The number of amides is 3. The molecule has 1 aromatic carbocycles. The highest BCUT2D eigenvalue weighted by Crippen LogP contribution is 2.43. The Kier molecular flexibility index (Phi) is 8.99. The van der Waals surface area contributed by atoms with E-state index in [1.54, 1.807) is 29.2 Å². The molecule has 4 aliphatic rings. The van der Waals surface area contributed by atoms with Crippen LogP contribution in [0.5, 0.6) is 0 Å². The first-order chi connectivity index (χ1) is 21.8. The van der Waals surface area contributed by atoms with Crippen molar-refractivity contribution in [2.75, 3.05) is 58.4 Å². The number of anilines is 1. The van der Waals surface area contributed by atoms with Gasteiger partial charge in [-0.15, -0.1) is 0 Å². The summed E-state index contributed by atoms with van der Waals surface area (Å²) >= 11 is 0. The van der Waals surface area contributed by atoms with Crippen molar-refractivity contribution in [1.29, 1.82) is 0 Å². The van der Waals surface area contributed by atoms with Gasteiger partial charge in [0.15, 0.2) is 6.10 Å². The van der Waals surface area contributed by atoms with E-state index in [0.29, 0.717) is 58.1 Å². The van der Waals surface area contributed by atoms with Crippen LogP contribution in [0.2, 0.25) is 0 Å². The number of piperidine rings is 1. The van der Waals surface area contributed by atoms with Gasteiger partial charge in [-0.25, -0.2) is 14.6 Å². The van der Waals surface area contributed by atoms with Crippen molar-refractivity contribution in [3.63, 3.8) is 0 Å². The molecule has 13 nitrogen and oxygen atoms in total. The van der Waals surface area contributed by atoms with Crippen LogP contribution in [-0.4, -0.2) is 102 Å². The van der Waals surface area contributed by atoms with Gasteiger partial charge in [0.25, 0.3) is 5.91 Å². The Labute approximate surface area is 260 Å². The number of hydrogen-bond donors (Lipinski definition) is 2. The minimum atomic E-state index is -1.04. The van der Waals surface area contributed by atoms with E-state index in [9.17, 15) is 14.4 Å². The van der Waals surface area contributed by atoms with Gasteiger partial charge in [-0.1, -0.05) is 18.2 Å². The molecule has 45 heavy (non-hydrogen) atoms. The highest BCUT2D eigenvalue weighted by Gasteiger charge is 2.46. The molecule has 0 aliphatic carbocycles. The van der Waals surface area contributed by atoms with Crippen LogP contribution < -0.4 is 5.32 Å². The molecule has 1 spiro atoms. The summed E-state index contributed by atoms with van der Waals surface area (Å²) in [5, 5.41) is 10.7. The molecule has 4 bridgehead atoms. The average Bonchev–Trinajstić information content (AvgIpc) is 3.51. The number of likely N-dealkylation sites (N-methyl/N-ethyl adjacent to an activating group) is 1. The standard InChI is InChI=1S/C32H38N6O7/c1-21-15-23(16-24-20-34-36-27(21)24)18-26-29(39)37(2)8-4-12-43-14-13-42-11-3-5-22-17-25-28(33-19-22)35-30(40)45-32(25)6-9-38(10-7-32)31(41)44-26/h3,5,15-17,19-20,26H,4,6-14,18H2,1-2H3,(H,34,36)(H,33,35,40)/b5-3-/t26-/m1/s1. The Hall–Kier alpha value is -4.49. The monoisotopic (exact) mass is 618 g/mol. The third-order valence-electron chi connectivity index (χ3n) is 8.54. The number of H-pyrrole nitrogens is 1. The minimum absolute atomic E-state index is 0.209. The van der Waals surface area contributed by atoms with Crippen LogP contribution in [-0.2, 0) is 35.8 Å². The molecule has 1 saturated heterocycles. The fraction of sp³-hybridized carbons (Fsp3) is 0.469. The molecule has 3 amide bonds. The van der Waals surface area contributed by atoms with Crippen LogP contribution >= 0.6 is 0 Å². The second-order valence-electron chi connectivity index (χ2n) is 11.7. The van der Waals surface area contributed by atoms with Crippen molar-refractivity contribution in [1.82, 2.24) is 25.0 Å². The number of pyridine rings is 1. The largest absolute Gasteiger partial charge is 0.437 e. The summed E-state index contributed by atoms with van der Waals surface area (Å²) in [7, 11) is 1.71. The minimum Gasteiger partial charge on any atom is -0.437 e. The second kappa shape index (κ2) is 13.2. The van der Waals surface area contributed by atoms with Crippen LogP contribution in [0, 0.1) is 6.92 Å². The van der Waals surface area contributed by atoms with E-state index in [1.807, 2.05) is 37.3 Å². The first-order valence-electron chi connectivity index (χ1n) is 15.3. The van der Waals surface area contributed by atoms with Crippen LogP contribution in [0.15, 0.2) is 36.7 Å². The number of fused-ring (bicyclic) bond motifs is 16. The molecule has 6 heterocycles. The number of benzene rings is 1. The van der Waals surface area contributed by atoms with Crippen LogP contribution in [0.25, 0.3) is 17.0 Å². The van der Waals surface area contributed by atoms with E-state index in [4.69, 9.17) is 18.9 Å². The van der Waals surface area contributed by atoms with E-state index in [2.05, 4.69) is 20.5 Å². The molecular weight excluding hydrogens is 580 g/mol. The number of carbonyl (C=O) groups excluding carboxylic acids is 3. The SMILES string of the molecule is Cc1cc(C[C@H]2OC(=O)N3CCC4(CC3)OC(=O)Nc3ncc(cc34)/C=C\COCCOCCCN(C)C2=O)cc2cn[nH]c12. The molecular formula is C32H38N6O7. The lowest BCUT2D eigenvalue weighted by Crippen LogP contribution is -2.51. The fourth-order valence-corrected chi connectivity index (χ4v) is 6.13.